The Hall–Kier alpha value is -3.61. The van der Waals surface area contributed by atoms with Crippen LogP contribution in [0.15, 0.2) is 72.8 Å². The van der Waals surface area contributed by atoms with Crippen LogP contribution >= 0.6 is 0 Å². The molecule has 0 N–H and O–H groups in total. The van der Waals surface area contributed by atoms with Crippen LogP contribution < -0.4 is 0 Å². The average Bonchev–Trinajstić information content (AvgIpc) is 3.00. The van der Waals surface area contributed by atoms with Gasteiger partial charge in [0.25, 0.3) is 0 Å². The van der Waals surface area contributed by atoms with Crippen LogP contribution in [0.4, 0.5) is 13.2 Å². The molecule has 0 fully saturated rings. The smallest absolute Gasteiger partial charge is 0.425 e. The fourth-order valence-corrected chi connectivity index (χ4v) is 4.86. The lowest BCUT2D eigenvalue weighted by Crippen LogP contribution is -2.33. The van der Waals surface area contributed by atoms with E-state index in [9.17, 15) is 22.8 Å². The third-order valence-corrected chi connectivity index (χ3v) is 7.50. The first-order valence-corrected chi connectivity index (χ1v) is 15.4. The average molecular weight is 597 g/mol. The summed E-state index contributed by atoms with van der Waals surface area (Å²) in [6.45, 7) is 6.08. The second-order valence-electron chi connectivity index (χ2n) is 11.1. The molecule has 2 atom stereocenters. The summed E-state index contributed by atoms with van der Waals surface area (Å²) in [5, 5.41) is 0. The normalized spacial score (nSPS) is 12.9. The van der Waals surface area contributed by atoms with Crippen molar-refractivity contribution in [3.8, 4) is 22.3 Å². The largest absolute Gasteiger partial charge is 0.459 e. The molecule has 232 valence electrons. The number of carbonyl (C=O) groups is 2. The Morgan fingerprint density at radius 3 is 1.35 bits per heavy atom. The van der Waals surface area contributed by atoms with Crippen molar-refractivity contribution < 1.29 is 32.2 Å². The van der Waals surface area contributed by atoms with Gasteiger partial charge < -0.3 is 9.47 Å². The minimum absolute atomic E-state index is 0.0766. The molecule has 0 aliphatic heterocycles. The number of halogens is 3. The molecular weight excluding hydrogens is 553 g/mol. The van der Waals surface area contributed by atoms with E-state index in [4.69, 9.17) is 9.47 Å². The molecule has 3 aromatic rings. The zero-order chi connectivity index (χ0) is 31.2. The van der Waals surface area contributed by atoms with Gasteiger partial charge in [0.15, 0.2) is 6.10 Å². The molecule has 4 nitrogen and oxygen atoms in total. The van der Waals surface area contributed by atoms with Crippen molar-refractivity contribution in [2.45, 2.75) is 103 Å². The third kappa shape index (κ3) is 10.9. The van der Waals surface area contributed by atoms with Crippen LogP contribution in [0, 0.1) is 0 Å². The first-order chi connectivity index (χ1) is 20.6. The summed E-state index contributed by atoms with van der Waals surface area (Å²) in [6, 6.07) is 21.4. The van der Waals surface area contributed by atoms with E-state index in [0.29, 0.717) is 18.4 Å². The highest BCUT2D eigenvalue weighted by molar-refractivity contribution is 5.91. The lowest BCUT2D eigenvalue weighted by molar-refractivity contribution is -0.206. The second-order valence-corrected chi connectivity index (χ2v) is 11.1. The number of hydrogen-bond acceptors (Lipinski definition) is 4. The fraction of sp³-hybridized carbons (Fsp3) is 0.444. The summed E-state index contributed by atoms with van der Waals surface area (Å²) >= 11 is 0. The quantitative estimate of drug-likeness (QED) is 0.122. The van der Waals surface area contributed by atoms with Crippen molar-refractivity contribution in [1.82, 2.24) is 0 Å². The number of ether oxygens (including phenoxy) is 2. The topological polar surface area (TPSA) is 52.6 Å². The highest BCUT2D eigenvalue weighted by Crippen LogP contribution is 2.29. The van der Waals surface area contributed by atoms with Crippen LogP contribution in [0.5, 0.6) is 0 Å². The summed E-state index contributed by atoms with van der Waals surface area (Å²) in [6.07, 6.45) is 1.17. The van der Waals surface area contributed by atoms with E-state index < -0.39 is 18.2 Å². The summed E-state index contributed by atoms with van der Waals surface area (Å²) < 4.78 is 50.7. The maximum absolute atomic E-state index is 13.4. The van der Waals surface area contributed by atoms with Crippen LogP contribution in [0.25, 0.3) is 22.3 Å². The SMILES string of the molecule is CCCCCC[C@@H](C)OC(=O)c1ccc(-c2ccc(-c3ccc(C(=O)O[C@@H](CCCCCC)C(F)(F)F)cc3)cc2)cc1. The maximum Gasteiger partial charge on any atom is 0.425 e. The first-order valence-electron chi connectivity index (χ1n) is 15.4. The number of carbonyl (C=O) groups excluding carboxylic acids is 2. The molecule has 0 saturated carbocycles. The van der Waals surface area contributed by atoms with E-state index in [1.165, 1.54) is 25.0 Å². The number of unbranched alkanes of at least 4 members (excludes halogenated alkanes) is 6. The molecule has 0 amide bonds. The van der Waals surface area contributed by atoms with Crippen LogP contribution in [0.3, 0.4) is 0 Å². The third-order valence-electron chi connectivity index (χ3n) is 7.50. The molecule has 0 unspecified atom stereocenters. The van der Waals surface area contributed by atoms with Crippen molar-refractivity contribution in [2.24, 2.45) is 0 Å². The van der Waals surface area contributed by atoms with Gasteiger partial charge in [-0.05, 0) is 79.1 Å². The van der Waals surface area contributed by atoms with Crippen molar-refractivity contribution >= 4 is 11.9 Å². The number of benzene rings is 3. The first kappa shape index (κ1) is 33.9. The van der Waals surface area contributed by atoms with Gasteiger partial charge in [-0.1, -0.05) is 101 Å². The number of alkyl halides is 3. The van der Waals surface area contributed by atoms with Gasteiger partial charge in [0.1, 0.15) is 0 Å². The highest BCUT2D eigenvalue weighted by atomic mass is 19.4. The molecule has 0 aliphatic carbocycles. The van der Waals surface area contributed by atoms with Gasteiger partial charge in [-0.15, -0.1) is 0 Å². The fourth-order valence-electron chi connectivity index (χ4n) is 4.86. The van der Waals surface area contributed by atoms with Gasteiger partial charge in [0.05, 0.1) is 17.2 Å². The molecule has 0 aromatic heterocycles. The minimum Gasteiger partial charge on any atom is -0.459 e. The molecule has 0 saturated heterocycles. The summed E-state index contributed by atoms with van der Waals surface area (Å²) in [5.41, 5.74) is 4.20. The van der Waals surface area contributed by atoms with Crippen LogP contribution in [-0.2, 0) is 9.47 Å². The Labute approximate surface area is 253 Å². The number of hydrogen-bond donors (Lipinski definition) is 0. The Bertz CT molecular complexity index is 1270. The van der Waals surface area contributed by atoms with Gasteiger partial charge in [0, 0.05) is 0 Å². The number of esters is 2. The lowest BCUT2D eigenvalue weighted by atomic mass is 9.99. The Morgan fingerprint density at radius 2 is 0.953 bits per heavy atom. The van der Waals surface area contributed by atoms with Gasteiger partial charge in [-0.3, -0.25) is 0 Å². The van der Waals surface area contributed by atoms with Crippen molar-refractivity contribution in [3.05, 3.63) is 83.9 Å². The van der Waals surface area contributed by atoms with Gasteiger partial charge in [-0.2, -0.15) is 13.2 Å². The Morgan fingerprint density at radius 1 is 0.581 bits per heavy atom. The molecular formula is C36H43F3O4. The molecule has 7 heteroatoms. The molecule has 0 heterocycles. The Kier molecular flexibility index (Phi) is 13.3. The van der Waals surface area contributed by atoms with E-state index >= 15 is 0 Å². The summed E-state index contributed by atoms with van der Waals surface area (Å²) in [7, 11) is 0. The maximum atomic E-state index is 13.4. The molecule has 3 rings (SSSR count). The van der Waals surface area contributed by atoms with Gasteiger partial charge >= 0.3 is 18.1 Å². The molecule has 3 aromatic carbocycles. The predicted molar refractivity (Wildman–Crippen MR) is 165 cm³/mol. The van der Waals surface area contributed by atoms with E-state index in [0.717, 1.165) is 54.4 Å². The Balaban J connectivity index is 1.57. The summed E-state index contributed by atoms with van der Waals surface area (Å²) in [5.74, 6) is -1.30. The monoisotopic (exact) mass is 596 g/mol. The van der Waals surface area contributed by atoms with Crippen molar-refractivity contribution in [3.63, 3.8) is 0 Å². The molecule has 0 bridgehead atoms. The van der Waals surface area contributed by atoms with Crippen LogP contribution in [0.1, 0.15) is 106 Å². The van der Waals surface area contributed by atoms with E-state index in [1.807, 2.05) is 50.2 Å². The zero-order valence-corrected chi connectivity index (χ0v) is 25.4. The highest BCUT2D eigenvalue weighted by Gasteiger charge is 2.42. The van der Waals surface area contributed by atoms with E-state index in [-0.39, 0.29) is 24.1 Å². The van der Waals surface area contributed by atoms with Gasteiger partial charge in [0.2, 0.25) is 0 Å². The second kappa shape index (κ2) is 16.9. The van der Waals surface area contributed by atoms with Crippen LogP contribution in [0.2, 0.25) is 0 Å². The lowest BCUT2D eigenvalue weighted by Gasteiger charge is -2.20. The zero-order valence-electron chi connectivity index (χ0n) is 25.4. The van der Waals surface area contributed by atoms with E-state index in [2.05, 4.69) is 6.92 Å². The van der Waals surface area contributed by atoms with Crippen molar-refractivity contribution in [2.75, 3.05) is 0 Å². The van der Waals surface area contributed by atoms with Crippen LogP contribution in [-0.4, -0.2) is 30.3 Å². The molecule has 0 aliphatic rings. The van der Waals surface area contributed by atoms with E-state index in [1.54, 1.807) is 24.3 Å². The standard InChI is InChI=1S/C36H43F3O4/c1-4-6-8-10-12-26(3)42-34(40)31-22-18-29(19-23-31)27-14-16-28(17-15-27)30-20-24-32(25-21-30)35(41)43-33(36(37,38)39)13-11-9-7-5-2/h14-26,33H,4-13H2,1-3H3/t26-,33+/m1/s1. The molecule has 0 radical (unpaired) electrons. The summed E-state index contributed by atoms with van der Waals surface area (Å²) in [4.78, 5) is 25.0. The predicted octanol–water partition coefficient (Wildman–Crippen LogP) is 10.6. The van der Waals surface area contributed by atoms with Crippen molar-refractivity contribution in [1.29, 1.82) is 0 Å². The molecule has 0 spiro atoms. The minimum atomic E-state index is -4.60. The number of rotatable bonds is 16. The van der Waals surface area contributed by atoms with Gasteiger partial charge in [-0.25, -0.2) is 9.59 Å². The molecule has 43 heavy (non-hydrogen) atoms.